The number of halogens is 4. The number of amides is 1. The summed E-state index contributed by atoms with van der Waals surface area (Å²) in [7, 11) is 0. The van der Waals surface area contributed by atoms with Crippen molar-refractivity contribution in [2.75, 3.05) is 23.3 Å². The SMILES string of the molecule is O=C(Nc1ccc(F)c(F)c1F)C1CN(c2nc3ccc(F)cc3s2)C1. The Morgan fingerprint density at radius 3 is 2.65 bits per heavy atom. The topological polar surface area (TPSA) is 45.2 Å². The van der Waals surface area contributed by atoms with E-state index >= 15 is 0 Å². The van der Waals surface area contributed by atoms with Crippen molar-refractivity contribution in [3.63, 3.8) is 0 Å². The van der Waals surface area contributed by atoms with Crippen molar-refractivity contribution in [2.24, 2.45) is 5.92 Å². The maximum absolute atomic E-state index is 13.6. The van der Waals surface area contributed by atoms with Gasteiger partial charge in [0.2, 0.25) is 5.91 Å². The Morgan fingerprint density at radius 1 is 1.12 bits per heavy atom. The van der Waals surface area contributed by atoms with Crippen LogP contribution in [0.15, 0.2) is 30.3 Å². The molecule has 1 aliphatic heterocycles. The molecule has 2 aromatic carbocycles. The van der Waals surface area contributed by atoms with Crippen LogP contribution in [0.1, 0.15) is 0 Å². The van der Waals surface area contributed by atoms with Crippen LogP contribution in [-0.2, 0) is 4.79 Å². The van der Waals surface area contributed by atoms with Gasteiger partial charge in [0.05, 0.1) is 21.8 Å². The molecule has 0 radical (unpaired) electrons. The van der Waals surface area contributed by atoms with Gasteiger partial charge in [0.1, 0.15) is 5.82 Å². The van der Waals surface area contributed by atoms with E-state index in [0.29, 0.717) is 28.4 Å². The van der Waals surface area contributed by atoms with Crippen LogP contribution in [0.25, 0.3) is 10.2 Å². The van der Waals surface area contributed by atoms with Gasteiger partial charge in [-0.25, -0.2) is 22.5 Å². The van der Waals surface area contributed by atoms with E-state index in [1.165, 1.54) is 23.5 Å². The summed E-state index contributed by atoms with van der Waals surface area (Å²) >= 11 is 1.31. The lowest BCUT2D eigenvalue weighted by Crippen LogP contribution is -2.52. The van der Waals surface area contributed by atoms with Crippen LogP contribution < -0.4 is 10.2 Å². The summed E-state index contributed by atoms with van der Waals surface area (Å²) in [6.07, 6.45) is 0. The Balaban J connectivity index is 1.42. The largest absolute Gasteiger partial charge is 0.346 e. The molecule has 26 heavy (non-hydrogen) atoms. The van der Waals surface area contributed by atoms with E-state index in [9.17, 15) is 22.4 Å². The molecule has 0 spiro atoms. The van der Waals surface area contributed by atoms with Crippen LogP contribution in [-0.4, -0.2) is 24.0 Å². The average molecular weight is 381 g/mol. The predicted molar refractivity (Wildman–Crippen MR) is 90.2 cm³/mol. The highest BCUT2D eigenvalue weighted by molar-refractivity contribution is 7.22. The van der Waals surface area contributed by atoms with Crippen LogP contribution in [0, 0.1) is 29.2 Å². The normalized spacial score (nSPS) is 14.5. The zero-order valence-electron chi connectivity index (χ0n) is 13.1. The fraction of sp³-hybridized carbons (Fsp3) is 0.176. The Hall–Kier alpha value is -2.68. The number of anilines is 2. The van der Waals surface area contributed by atoms with Gasteiger partial charge in [-0.15, -0.1) is 0 Å². The Bertz CT molecular complexity index is 1020. The van der Waals surface area contributed by atoms with E-state index in [0.717, 1.165) is 12.1 Å². The quantitative estimate of drug-likeness (QED) is 0.552. The maximum atomic E-state index is 13.6. The molecule has 1 fully saturated rings. The zero-order chi connectivity index (χ0) is 18.4. The highest BCUT2D eigenvalue weighted by atomic mass is 32.1. The lowest BCUT2D eigenvalue weighted by molar-refractivity contribution is -0.120. The Kier molecular flexibility index (Phi) is 4.03. The van der Waals surface area contributed by atoms with Gasteiger partial charge in [-0.1, -0.05) is 11.3 Å². The summed E-state index contributed by atoms with van der Waals surface area (Å²) in [5.41, 5.74) is 0.269. The molecule has 0 saturated carbocycles. The molecule has 4 nitrogen and oxygen atoms in total. The monoisotopic (exact) mass is 381 g/mol. The maximum Gasteiger partial charge on any atom is 0.231 e. The van der Waals surface area contributed by atoms with Crippen molar-refractivity contribution < 1.29 is 22.4 Å². The molecule has 3 aromatic rings. The van der Waals surface area contributed by atoms with E-state index < -0.39 is 35.0 Å². The third-order valence-electron chi connectivity index (χ3n) is 4.16. The molecule has 1 aromatic heterocycles. The van der Waals surface area contributed by atoms with Crippen LogP contribution in [0.4, 0.5) is 28.4 Å². The summed E-state index contributed by atoms with van der Waals surface area (Å²) in [6.45, 7) is 0.693. The zero-order valence-corrected chi connectivity index (χ0v) is 13.9. The Labute approximate surface area is 149 Å². The second kappa shape index (κ2) is 6.24. The van der Waals surface area contributed by atoms with E-state index in [2.05, 4.69) is 10.3 Å². The van der Waals surface area contributed by atoms with Gasteiger partial charge in [0.25, 0.3) is 0 Å². The first-order chi connectivity index (χ1) is 12.4. The number of aromatic nitrogens is 1. The van der Waals surface area contributed by atoms with E-state index in [1.807, 2.05) is 4.90 Å². The van der Waals surface area contributed by atoms with Gasteiger partial charge < -0.3 is 10.2 Å². The number of nitrogens with one attached hydrogen (secondary N) is 1. The fourth-order valence-electron chi connectivity index (χ4n) is 2.68. The second-order valence-electron chi connectivity index (χ2n) is 5.92. The van der Waals surface area contributed by atoms with E-state index in [4.69, 9.17) is 0 Å². The third kappa shape index (κ3) is 2.88. The summed E-state index contributed by atoms with van der Waals surface area (Å²) in [6, 6.07) is 6.03. The molecule has 1 aliphatic rings. The van der Waals surface area contributed by atoms with Crippen molar-refractivity contribution in [3.8, 4) is 0 Å². The minimum Gasteiger partial charge on any atom is -0.346 e. The molecular formula is C17H11F4N3OS. The molecule has 134 valence electrons. The van der Waals surface area contributed by atoms with E-state index in [1.54, 1.807) is 6.07 Å². The van der Waals surface area contributed by atoms with E-state index in [-0.39, 0.29) is 5.82 Å². The number of hydrogen-bond donors (Lipinski definition) is 1. The first-order valence-corrected chi connectivity index (χ1v) is 8.49. The number of rotatable bonds is 3. The number of nitrogens with zero attached hydrogens (tertiary/aromatic N) is 2. The smallest absolute Gasteiger partial charge is 0.231 e. The standard InChI is InChI=1S/C17H11F4N3OS/c18-9-1-3-11-13(5-9)26-17(23-11)24-6-8(7-24)16(25)22-12-4-2-10(19)14(20)15(12)21/h1-5,8H,6-7H2,(H,22,25). The third-order valence-corrected chi connectivity index (χ3v) is 5.23. The number of carbonyl (C=O) groups excluding carboxylic acids is 1. The molecular weight excluding hydrogens is 370 g/mol. The van der Waals surface area contributed by atoms with Crippen molar-refractivity contribution in [1.82, 2.24) is 4.98 Å². The first kappa shape index (κ1) is 16.8. The summed E-state index contributed by atoms with van der Waals surface area (Å²) in [5, 5.41) is 2.93. The molecule has 4 rings (SSSR count). The minimum atomic E-state index is -1.63. The van der Waals surface area contributed by atoms with Gasteiger partial charge >= 0.3 is 0 Å². The van der Waals surface area contributed by atoms with Crippen LogP contribution in [0.5, 0.6) is 0 Å². The number of thiazole rings is 1. The molecule has 1 N–H and O–H groups in total. The number of fused-ring (bicyclic) bond motifs is 1. The minimum absolute atomic E-state index is 0.345. The molecule has 1 amide bonds. The fourth-order valence-corrected chi connectivity index (χ4v) is 3.69. The molecule has 0 aliphatic carbocycles. The van der Waals surface area contributed by atoms with Gasteiger partial charge in [-0.2, -0.15) is 0 Å². The number of carbonyl (C=O) groups is 1. The van der Waals surface area contributed by atoms with Crippen LogP contribution in [0.2, 0.25) is 0 Å². The predicted octanol–water partition coefficient (Wildman–Crippen LogP) is 3.93. The highest BCUT2D eigenvalue weighted by Crippen LogP contribution is 2.33. The molecule has 1 saturated heterocycles. The lowest BCUT2D eigenvalue weighted by Gasteiger charge is -2.37. The van der Waals surface area contributed by atoms with Gasteiger partial charge in [-0.3, -0.25) is 4.79 Å². The lowest BCUT2D eigenvalue weighted by atomic mass is 10.00. The molecule has 9 heteroatoms. The van der Waals surface area contributed by atoms with Crippen LogP contribution >= 0.6 is 11.3 Å². The molecule has 0 atom stereocenters. The summed E-state index contributed by atoms with van der Waals surface area (Å²) in [4.78, 5) is 18.4. The molecule has 0 unspecified atom stereocenters. The number of benzene rings is 2. The van der Waals surface area contributed by atoms with Crippen LogP contribution in [0.3, 0.4) is 0 Å². The van der Waals surface area contributed by atoms with Gasteiger partial charge in [0, 0.05) is 13.1 Å². The number of hydrogen-bond acceptors (Lipinski definition) is 4. The highest BCUT2D eigenvalue weighted by Gasteiger charge is 2.35. The van der Waals surface area contributed by atoms with Crippen molar-refractivity contribution in [3.05, 3.63) is 53.6 Å². The van der Waals surface area contributed by atoms with Crippen molar-refractivity contribution >= 4 is 38.3 Å². The van der Waals surface area contributed by atoms with Crippen molar-refractivity contribution in [1.29, 1.82) is 0 Å². The summed E-state index contributed by atoms with van der Waals surface area (Å²) < 4.78 is 53.7. The van der Waals surface area contributed by atoms with Gasteiger partial charge in [0.15, 0.2) is 22.6 Å². The average Bonchev–Trinajstić information content (AvgIpc) is 2.96. The van der Waals surface area contributed by atoms with Gasteiger partial charge in [-0.05, 0) is 30.3 Å². The Morgan fingerprint density at radius 2 is 1.88 bits per heavy atom. The molecule has 2 heterocycles. The summed E-state index contributed by atoms with van der Waals surface area (Å²) in [5.74, 6) is -5.64. The second-order valence-corrected chi connectivity index (χ2v) is 6.93. The van der Waals surface area contributed by atoms with Crippen molar-refractivity contribution in [2.45, 2.75) is 0 Å². The molecule has 0 bridgehead atoms. The first-order valence-electron chi connectivity index (χ1n) is 7.68.